The van der Waals surface area contributed by atoms with Gasteiger partial charge in [0.05, 0.1) is 0 Å². The molecule has 6 heteroatoms. The zero-order valence-corrected chi connectivity index (χ0v) is 16.0. The molecule has 30 heavy (non-hydrogen) atoms. The lowest BCUT2D eigenvalue weighted by Crippen LogP contribution is -2.22. The Morgan fingerprint density at radius 1 is 0.900 bits per heavy atom. The fraction of sp³-hybridized carbons (Fsp3) is 0.208. The third-order valence-corrected chi connectivity index (χ3v) is 6.48. The van der Waals surface area contributed by atoms with Gasteiger partial charge in [0.1, 0.15) is 6.61 Å². The van der Waals surface area contributed by atoms with Crippen LogP contribution in [-0.2, 0) is 4.74 Å². The molecule has 2 aromatic carbocycles. The second-order valence-electron chi connectivity index (χ2n) is 7.98. The summed E-state index contributed by atoms with van der Waals surface area (Å²) >= 11 is 0. The van der Waals surface area contributed by atoms with Crippen LogP contribution in [0.5, 0.6) is 11.8 Å². The molecule has 2 N–H and O–H groups in total. The van der Waals surface area contributed by atoms with Crippen LogP contribution in [0, 0.1) is 0 Å². The Morgan fingerprint density at radius 3 is 2.00 bits per heavy atom. The van der Waals surface area contributed by atoms with Gasteiger partial charge in [-0.1, -0.05) is 60.7 Å². The molecule has 3 aliphatic rings. The molecule has 0 saturated heterocycles. The summed E-state index contributed by atoms with van der Waals surface area (Å²) in [6.07, 6.45) is 3.86. The first-order valence-corrected chi connectivity index (χ1v) is 10.0. The van der Waals surface area contributed by atoms with Gasteiger partial charge in [-0.05, 0) is 28.7 Å². The fourth-order valence-electron chi connectivity index (χ4n) is 5.20. The van der Waals surface area contributed by atoms with Crippen LogP contribution < -0.4 is 4.84 Å². The van der Waals surface area contributed by atoms with Gasteiger partial charge in [-0.3, -0.25) is 4.84 Å². The molecule has 0 saturated carbocycles. The van der Waals surface area contributed by atoms with Gasteiger partial charge in [-0.25, -0.2) is 4.79 Å². The summed E-state index contributed by atoms with van der Waals surface area (Å²) in [6, 6.07) is 16.1. The van der Waals surface area contributed by atoms with Crippen molar-refractivity contribution in [2.75, 3.05) is 6.61 Å². The van der Waals surface area contributed by atoms with Crippen LogP contribution in [0.3, 0.4) is 0 Å². The number of benzene rings is 2. The van der Waals surface area contributed by atoms with Gasteiger partial charge < -0.3 is 14.9 Å². The largest absolute Gasteiger partial charge is 0.534 e. The Kier molecular flexibility index (Phi) is 3.53. The maximum Gasteiger partial charge on any atom is 0.534 e. The van der Waals surface area contributed by atoms with Gasteiger partial charge in [0, 0.05) is 28.9 Å². The summed E-state index contributed by atoms with van der Waals surface area (Å²) in [5.74, 6) is -0.492. The Labute approximate surface area is 172 Å². The number of nitrogens with zero attached hydrogens (tertiary/aromatic N) is 1. The summed E-state index contributed by atoms with van der Waals surface area (Å²) in [5, 5.41) is 21.0. The van der Waals surface area contributed by atoms with Crippen molar-refractivity contribution < 1.29 is 24.6 Å². The molecule has 0 aliphatic heterocycles. The molecule has 1 unspecified atom stereocenters. The van der Waals surface area contributed by atoms with Crippen molar-refractivity contribution in [2.24, 2.45) is 0 Å². The van der Waals surface area contributed by atoms with Gasteiger partial charge in [0.25, 0.3) is 0 Å². The fourth-order valence-corrected chi connectivity index (χ4v) is 5.20. The lowest BCUT2D eigenvalue weighted by atomic mass is 9.98. The van der Waals surface area contributed by atoms with Gasteiger partial charge in [-0.2, -0.15) is 0 Å². The standard InChI is InChI=1S/C24H19NO5/c26-22-20-13-9-10-14(11-13)21(20)23(27)25(22)30-24(28)29-12-19-17-7-3-1-5-15(17)16-6-2-4-8-18(16)19/h1-10,13-14,19,26-27H,11-12H2/t13-,14?/m0/s1. The summed E-state index contributed by atoms with van der Waals surface area (Å²) in [6.45, 7) is 0.0994. The minimum atomic E-state index is -0.976. The Bertz CT molecular complexity index is 1140. The number of aromatic nitrogens is 1. The molecular weight excluding hydrogens is 382 g/mol. The molecule has 3 aromatic rings. The quantitative estimate of drug-likeness (QED) is 0.502. The van der Waals surface area contributed by atoms with Crippen molar-refractivity contribution in [3.63, 3.8) is 0 Å². The van der Waals surface area contributed by atoms with Crippen LogP contribution in [-0.4, -0.2) is 27.7 Å². The molecule has 2 atom stereocenters. The number of carbonyl (C=O) groups is 1. The van der Waals surface area contributed by atoms with Crippen LogP contribution in [0.25, 0.3) is 11.1 Å². The van der Waals surface area contributed by atoms with E-state index in [2.05, 4.69) is 12.1 Å². The topological polar surface area (TPSA) is 80.9 Å². The van der Waals surface area contributed by atoms with E-state index in [9.17, 15) is 15.0 Å². The van der Waals surface area contributed by atoms with E-state index in [1.54, 1.807) is 0 Å². The molecule has 1 aromatic heterocycles. The minimum absolute atomic E-state index is 0.0447. The van der Waals surface area contributed by atoms with Crippen molar-refractivity contribution in [2.45, 2.75) is 24.2 Å². The molecule has 150 valence electrons. The lowest BCUT2D eigenvalue weighted by Gasteiger charge is -2.14. The first kappa shape index (κ1) is 17.2. The van der Waals surface area contributed by atoms with Crippen molar-refractivity contribution in [1.82, 2.24) is 4.73 Å². The number of aromatic hydroxyl groups is 2. The monoisotopic (exact) mass is 401 g/mol. The van der Waals surface area contributed by atoms with E-state index in [0.29, 0.717) is 11.1 Å². The first-order valence-electron chi connectivity index (χ1n) is 10.0. The number of rotatable bonds is 3. The SMILES string of the molecule is O=C(OCC1c2ccccc2-c2ccccc21)On1c(O)c2c(c1O)[C@H]1C=CC2C1. The number of allylic oxidation sites excluding steroid dienone is 2. The highest BCUT2D eigenvalue weighted by molar-refractivity contribution is 5.79. The molecule has 0 amide bonds. The highest BCUT2D eigenvalue weighted by atomic mass is 16.8. The molecule has 1 heterocycles. The van der Waals surface area contributed by atoms with E-state index in [1.807, 2.05) is 48.6 Å². The van der Waals surface area contributed by atoms with E-state index in [1.165, 1.54) is 0 Å². The average molecular weight is 401 g/mol. The molecular formula is C24H19NO5. The van der Waals surface area contributed by atoms with Gasteiger partial charge >= 0.3 is 6.16 Å². The zero-order chi connectivity index (χ0) is 20.4. The van der Waals surface area contributed by atoms with Crippen LogP contribution in [0.1, 0.15) is 46.4 Å². The molecule has 6 rings (SSSR count). The van der Waals surface area contributed by atoms with Gasteiger partial charge in [0.15, 0.2) is 0 Å². The number of hydrogen-bond donors (Lipinski definition) is 2. The average Bonchev–Trinajstić information content (AvgIpc) is 3.51. The molecule has 0 fully saturated rings. The van der Waals surface area contributed by atoms with E-state index in [4.69, 9.17) is 9.57 Å². The van der Waals surface area contributed by atoms with Crippen molar-refractivity contribution in [3.8, 4) is 22.9 Å². The lowest BCUT2D eigenvalue weighted by molar-refractivity contribution is 0.0336. The number of ether oxygens (including phenoxy) is 1. The van der Waals surface area contributed by atoms with E-state index in [-0.39, 0.29) is 36.1 Å². The maximum atomic E-state index is 12.4. The van der Waals surface area contributed by atoms with E-state index < -0.39 is 6.16 Å². The first-order chi connectivity index (χ1) is 14.6. The van der Waals surface area contributed by atoms with Crippen molar-refractivity contribution in [3.05, 3.63) is 82.9 Å². The number of hydrogen-bond acceptors (Lipinski definition) is 5. The van der Waals surface area contributed by atoms with Crippen molar-refractivity contribution >= 4 is 6.16 Å². The third-order valence-electron chi connectivity index (χ3n) is 6.48. The third kappa shape index (κ3) is 2.27. The molecule has 0 spiro atoms. The van der Waals surface area contributed by atoms with Crippen molar-refractivity contribution in [1.29, 1.82) is 0 Å². The molecule has 2 bridgehead atoms. The minimum Gasteiger partial charge on any atom is -0.492 e. The molecule has 0 radical (unpaired) electrons. The van der Waals surface area contributed by atoms with E-state index in [0.717, 1.165) is 33.4 Å². The predicted octanol–water partition coefficient (Wildman–Crippen LogP) is 4.42. The summed E-state index contributed by atoms with van der Waals surface area (Å²) < 4.78 is 6.18. The number of fused-ring (bicyclic) bond motifs is 8. The van der Waals surface area contributed by atoms with Gasteiger partial charge in [-0.15, -0.1) is 4.73 Å². The second-order valence-corrected chi connectivity index (χ2v) is 7.98. The van der Waals surface area contributed by atoms with E-state index >= 15 is 0 Å². The number of carbonyl (C=O) groups excluding carboxylic acids is 1. The highest BCUT2D eigenvalue weighted by Gasteiger charge is 2.42. The molecule has 3 aliphatic carbocycles. The Morgan fingerprint density at radius 2 is 1.43 bits per heavy atom. The second kappa shape index (κ2) is 6.16. The van der Waals surface area contributed by atoms with Crippen LogP contribution in [0.15, 0.2) is 60.7 Å². The van der Waals surface area contributed by atoms with Crippen LogP contribution in [0.4, 0.5) is 4.79 Å². The highest BCUT2D eigenvalue weighted by Crippen LogP contribution is 2.56. The summed E-state index contributed by atoms with van der Waals surface area (Å²) in [4.78, 5) is 17.6. The van der Waals surface area contributed by atoms with Crippen LogP contribution in [0.2, 0.25) is 0 Å². The zero-order valence-electron chi connectivity index (χ0n) is 16.0. The smallest absolute Gasteiger partial charge is 0.492 e. The maximum absolute atomic E-state index is 12.4. The summed E-state index contributed by atoms with van der Waals surface area (Å²) in [5.41, 5.74) is 5.72. The van der Waals surface area contributed by atoms with Gasteiger partial charge in [0.2, 0.25) is 11.8 Å². The normalized spacial score (nSPS) is 20.1. The Balaban J connectivity index is 1.22. The van der Waals surface area contributed by atoms with Crippen LogP contribution >= 0.6 is 0 Å². The summed E-state index contributed by atoms with van der Waals surface area (Å²) in [7, 11) is 0. The predicted molar refractivity (Wildman–Crippen MR) is 109 cm³/mol. The molecule has 6 nitrogen and oxygen atoms in total. The Hall–Kier alpha value is -3.67.